The second-order valence-electron chi connectivity index (χ2n) is 2.84. The first-order valence-corrected chi connectivity index (χ1v) is 4.98. The standard InChI is InChI=1S/C10H14O.C2H6/c1-3-10(11)9-6-4-5-8(2)7-9;1-2/h4-7,10-11H,3H2,1-2H3;1-2H3. The first kappa shape index (κ1) is 12.2. The van der Waals surface area contributed by atoms with E-state index in [4.69, 9.17) is 0 Å². The van der Waals surface area contributed by atoms with E-state index in [0.29, 0.717) is 0 Å². The minimum absolute atomic E-state index is 0.296. The Labute approximate surface area is 81.4 Å². The van der Waals surface area contributed by atoms with Crippen LogP contribution in [0.3, 0.4) is 0 Å². The average molecular weight is 180 g/mol. The van der Waals surface area contributed by atoms with Crippen LogP contribution in [0.5, 0.6) is 0 Å². The Morgan fingerprint density at radius 3 is 2.38 bits per heavy atom. The summed E-state index contributed by atoms with van der Waals surface area (Å²) in [5, 5.41) is 9.45. The van der Waals surface area contributed by atoms with Crippen molar-refractivity contribution in [2.45, 2.75) is 40.2 Å². The summed E-state index contributed by atoms with van der Waals surface area (Å²) in [4.78, 5) is 0. The van der Waals surface area contributed by atoms with Crippen LogP contribution in [0.15, 0.2) is 24.3 Å². The van der Waals surface area contributed by atoms with Crippen molar-refractivity contribution in [2.24, 2.45) is 0 Å². The van der Waals surface area contributed by atoms with Gasteiger partial charge in [-0.2, -0.15) is 0 Å². The molecule has 0 saturated heterocycles. The Morgan fingerprint density at radius 1 is 1.31 bits per heavy atom. The van der Waals surface area contributed by atoms with Crippen molar-refractivity contribution in [3.63, 3.8) is 0 Å². The fraction of sp³-hybridized carbons (Fsp3) is 0.500. The van der Waals surface area contributed by atoms with E-state index in [2.05, 4.69) is 0 Å². The first-order chi connectivity index (χ1) is 6.24. The van der Waals surface area contributed by atoms with Gasteiger partial charge in [0.25, 0.3) is 0 Å². The van der Waals surface area contributed by atoms with Crippen molar-refractivity contribution in [1.29, 1.82) is 0 Å². The Hall–Kier alpha value is -0.820. The molecule has 0 aliphatic rings. The zero-order valence-electron chi connectivity index (χ0n) is 9.04. The van der Waals surface area contributed by atoms with E-state index < -0.39 is 0 Å². The molecule has 1 heteroatoms. The van der Waals surface area contributed by atoms with Crippen molar-refractivity contribution in [2.75, 3.05) is 0 Å². The van der Waals surface area contributed by atoms with Crippen LogP contribution in [0.1, 0.15) is 44.4 Å². The van der Waals surface area contributed by atoms with E-state index in [1.807, 2.05) is 52.0 Å². The highest BCUT2D eigenvalue weighted by Crippen LogP contribution is 2.16. The molecule has 1 aromatic carbocycles. The number of benzene rings is 1. The lowest BCUT2D eigenvalue weighted by Gasteiger charge is -2.07. The summed E-state index contributed by atoms with van der Waals surface area (Å²) in [6.45, 7) is 8.01. The number of aryl methyl sites for hydroxylation is 1. The number of rotatable bonds is 2. The monoisotopic (exact) mass is 180 g/mol. The first-order valence-electron chi connectivity index (χ1n) is 4.98. The fourth-order valence-corrected chi connectivity index (χ4v) is 1.11. The summed E-state index contributed by atoms with van der Waals surface area (Å²) in [6.07, 6.45) is 0.485. The van der Waals surface area contributed by atoms with Crippen molar-refractivity contribution < 1.29 is 5.11 Å². The molecule has 0 fully saturated rings. The number of hydrogen-bond donors (Lipinski definition) is 1. The predicted octanol–water partition coefficient (Wildman–Crippen LogP) is 3.46. The molecular formula is C12H20O. The minimum atomic E-state index is -0.296. The summed E-state index contributed by atoms with van der Waals surface area (Å²) >= 11 is 0. The van der Waals surface area contributed by atoms with Crippen LogP contribution in [0.25, 0.3) is 0 Å². The van der Waals surface area contributed by atoms with Gasteiger partial charge in [0.15, 0.2) is 0 Å². The van der Waals surface area contributed by atoms with Gasteiger partial charge < -0.3 is 5.11 Å². The van der Waals surface area contributed by atoms with Gasteiger partial charge in [0, 0.05) is 0 Å². The number of hydrogen-bond acceptors (Lipinski definition) is 1. The van der Waals surface area contributed by atoms with Crippen LogP contribution in [-0.4, -0.2) is 5.11 Å². The van der Waals surface area contributed by atoms with Crippen LogP contribution in [0.4, 0.5) is 0 Å². The van der Waals surface area contributed by atoms with Crippen LogP contribution >= 0.6 is 0 Å². The third-order valence-electron chi connectivity index (χ3n) is 1.81. The lowest BCUT2D eigenvalue weighted by Crippen LogP contribution is -1.94. The second-order valence-corrected chi connectivity index (χ2v) is 2.84. The lowest BCUT2D eigenvalue weighted by atomic mass is 10.1. The summed E-state index contributed by atoms with van der Waals surface area (Å²) < 4.78 is 0. The number of aliphatic hydroxyl groups is 1. The van der Waals surface area contributed by atoms with E-state index in [1.165, 1.54) is 5.56 Å². The molecule has 1 unspecified atom stereocenters. The summed E-state index contributed by atoms with van der Waals surface area (Å²) in [7, 11) is 0. The highest BCUT2D eigenvalue weighted by Gasteiger charge is 2.02. The summed E-state index contributed by atoms with van der Waals surface area (Å²) in [5.74, 6) is 0. The fourth-order valence-electron chi connectivity index (χ4n) is 1.11. The second kappa shape index (κ2) is 6.67. The quantitative estimate of drug-likeness (QED) is 0.739. The molecule has 0 spiro atoms. The van der Waals surface area contributed by atoms with Gasteiger partial charge in [-0.15, -0.1) is 0 Å². The SMILES string of the molecule is CC.CCC(O)c1cccc(C)c1. The van der Waals surface area contributed by atoms with Gasteiger partial charge in [-0.3, -0.25) is 0 Å². The maximum Gasteiger partial charge on any atom is 0.0787 e. The lowest BCUT2D eigenvalue weighted by molar-refractivity contribution is 0.173. The molecular weight excluding hydrogens is 160 g/mol. The maximum atomic E-state index is 9.45. The van der Waals surface area contributed by atoms with Crippen LogP contribution in [0.2, 0.25) is 0 Å². The Kier molecular flexibility index (Phi) is 6.25. The maximum absolute atomic E-state index is 9.45. The van der Waals surface area contributed by atoms with Crippen molar-refractivity contribution in [3.8, 4) is 0 Å². The van der Waals surface area contributed by atoms with Crippen LogP contribution in [0, 0.1) is 6.92 Å². The van der Waals surface area contributed by atoms with Crippen molar-refractivity contribution >= 4 is 0 Å². The normalized spacial score (nSPS) is 11.5. The molecule has 1 rings (SSSR count). The molecule has 74 valence electrons. The molecule has 0 amide bonds. The Morgan fingerprint density at radius 2 is 1.92 bits per heavy atom. The van der Waals surface area contributed by atoms with Crippen LogP contribution < -0.4 is 0 Å². The van der Waals surface area contributed by atoms with Gasteiger partial charge in [0.1, 0.15) is 0 Å². The molecule has 1 nitrogen and oxygen atoms in total. The third kappa shape index (κ3) is 4.09. The predicted molar refractivity (Wildman–Crippen MR) is 57.8 cm³/mol. The third-order valence-corrected chi connectivity index (χ3v) is 1.81. The molecule has 0 aromatic heterocycles. The van der Waals surface area contributed by atoms with Gasteiger partial charge in [-0.05, 0) is 18.9 Å². The van der Waals surface area contributed by atoms with E-state index >= 15 is 0 Å². The topological polar surface area (TPSA) is 20.2 Å². The highest BCUT2D eigenvalue weighted by atomic mass is 16.3. The van der Waals surface area contributed by atoms with E-state index in [9.17, 15) is 5.11 Å². The zero-order chi connectivity index (χ0) is 10.3. The van der Waals surface area contributed by atoms with E-state index in [0.717, 1.165) is 12.0 Å². The Balaban J connectivity index is 0.000000671. The van der Waals surface area contributed by atoms with Gasteiger partial charge in [-0.1, -0.05) is 50.6 Å². The van der Waals surface area contributed by atoms with Crippen LogP contribution in [-0.2, 0) is 0 Å². The van der Waals surface area contributed by atoms with Gasteiger partial charge in [0.2, 0.25) is 0 Å². The molecule has 0 radical (unpaired) electrons. The molecule has 0 bridgehead atoms. The van der Waals surface area contributed by atoms with E-state index in [1.54, 1.807) is 0 Å². The molecule has 1 atom stereocenters. The van der Waals surface area contributed by atoms with Gasteiger partial charge >= 0.3 is 0 Å². The molecule has 13 heavy (non-hydrogen) atoms. The number of aliphatic hydroxyl groups excluding tert-OH is 1. The average Bonchev–Trinajstić information content (AvgIpc) is 2.20. The zero-order valence-corrected chi connectivity index (χ0v) is 9.04. The van der Waals surface area contributed by atoms with Crippen molar-refractivity contribution in [3.05, 3.63) is 35.4 Å². The van der Waals surface area contributed by atoms with Gasteiger partial charge in [-0.25, -0.2) is 0 Å². The largest absolute Gasteiger partial charge is 0.388 e. The molecule has 0 aliphatic heterocycles. The summed E-state index contributed by atoms with van der Waals surface area (Å²) in [5.41, 5.74) is 2.22. The van der Waals surface area contributed by atoms with Crippen molar-refractivity contribution in [1.82, 2.24) is 0 Å². The molecule has 0 saturated carbocycles. The van der Waals surface area contributed by atoms with E-state index in [-0.39, 0.29) is 6.10 Å². The molecule has 0 aliphatic carbocycles. The van der Waals surface area contributed by atoms with Gasteiger partial charge in [0.05, 0.1) is 6.10 Å². The molecule has 1 N–H and O–H groups in total. The minimum Gasteiger partial charge on any atom is -0.388 e. The highest BCUT2D eigenvalue weighted by molar-refractivity contribution is 5.23. The molecule has 0 heterocycles. The smallest absolute Gasteiger partial charge is 0.0787 e. The molecule has 1 aromatic rings. The Bertz CT molecular complexity index is 230. The summed E-state index contributed by atoms with van der Waals surface area (Å²) in [6, 6.07) is 7.99.